The second-order valence-electron chi connectivity index (χ2n) is 6.53. The SMILES string of the molecule is COC[C@@H](Oc1ccc(-c2cccc(Cl)c2Cl)c2ncnc(N)c12)c1ncn(C)n1. The number of rotatable bonds is 6. The zero-order valence-corrected chi connectivity index (χ0v) is 17.7. The fourth-order valence-electron chi connectivity index (χ4n) is 3.16. The lowest BCUT2D eigenvalue weighted by Gasteiger charge is -2.19. The highest BCUT2D eigenvalue weighted by atomic mass is 35.5. The molecule has 0 aliphatic heterocycles. The van der Waals surface area contributed by atoms with Crippen molar-refractivity contribution < 1.29 is 9.47 Å². The molecule has 10 heteroatoms. The van der Waals surface area contributed by atoms with Crippen molar-refractivity contribution in [3.8, 4) is 16.9 Å². The van der Waals surface area contributed by atoms with Crippen LogP contribution in [0.2, 0.25) is 10.0 Å². The molecule has 0 radical (unpaired) electrons. The molecule has 0 fully saturated rings. The van der Waals surface area contributed by atoms with Gasteiger partial charge in [-0.05, 0) is 18.2 Å². The molecule has 4 aromatic rings. The van der Waals surface area contributed by atoms with E-state index in [9.17, 15) is 0 Å². The lowest BCUT2D eigenvalue weighted by molar-refractivity contribution is 0.0767. The maximum Gasteiger partial charge on any atom is 0.193 e. The Hall–Kier alpha value is -2.94. The number of nitrogens with zero attached hydrogens (tertiary/aromatic N) is 5. The molecule has 0 saturated heterocycles. The second-order valence-corrected chi connectivity index (χ2v) is 7.32. The zero-order valence-electron chi connectivity index (χ0n) is 16.2. The van der Waals surface area contributed by atoms with E-state index in [0.29, 0.717) is 32.5 Å². The average Bonchev–Trinajstić information content (AvgIpc) is 3.16. The molecule has 0 amide bonds. The van der Waals surface area contributed by atoms with Gasteiger partial charge in [0.25, 0.3) is 0 Å². The van der Waals surface area contributed by atoms with E-state index in [2.05, 4.69) is 20.1 Å². The number of benzene rings is 2. The van der Waals surface area contributed by atoms with Gasteiger partial charge in [0.05, 0.1) is 27.6 Å². The van der Waals surface area contributed by atoms with Crippen molar-refractivity contribution in [1.29, 1.82) is 0 Å². The maximum atomic E-state index is 6.44. The molecule has 0 saturated carbocycles. The summed E-state index contributed by atoms with van der Waals surface area (Å²) in [4.78, 5) is 12.8. The Morgan fingerprint density at radius 2 is 1.93 bits per heavy atom. The Morgan fingerprint density at radius 3 is 2.67 bits per heavy atom. The van der Waals surface area contributed by atoms with Crippen molar-refractivity contribution in [3.05, 3.63) is 58.9 Å². The molecule has 0 bridgehead atoms. The Morgan fingerprint density at radius 1 is 1.10 bits per heavy atom. The maximum absolute atomic E-state index is 6.44. The number of aromatic nitrogens is 5. The molecule has 2 aromatic carbocycles. The number of hydrogen-bond acceptors (Lipinski definition) is 7. The highest BCUT2D eigenvalue weighted by Crippen LogP contribution is 2.41. The van der Waals surface area contributed by atoms with Gasteiger partial charge in [-0.2, -0.15) is 5.10 Å². The molecule has 154 valence electrons. The van der Waals surface area contributed by atoms with Crippen LogP contribution in [0.25, 0.3) is 22.0 Å². The molecule has 2 aromatic heterocycles. The third-order valence-corrected chi connectivity index (χ3v) is 5.33. The first-order valence-corrected chi connectivity index (χ1v) is 9.74. The number of fused-ring (bicyclic) bond motifs is 1. The van der Waals surface area contributed by atoms with Crippen LogP contribution in [0, 0.1) is 0 Å². The summed E-state index contributed by atoms with van der Waals surface area (Å²) in [6.45, 7) is 0.251. The normalized spacial score (nSPS) is 12.3. The first-order valence-electron chi connectivity index (χ1n) is 8.98. The Labute approximate surface area is 182 Å². The van der Waals surface area contributed by atoms with E-state index >= 15 is 0 Å². The molecule has 0 aliphatic rings. The van der Waals surface area contributed by atoms with Gasteiger partial charge in [-0.25, -0.2) is 15.0 Å². The molecule has 0 unspecified atom stereocenters. The lowest BCUT2D eigenvalue weighted by atomic mass is 10.0. The van der Waals surface area contributed by atoms with Crippen LogP contribution in [0.3, 0.4) is 0 Å². The monoisotopic (exact) mass is 444 g/mol. The molecule has 2 N–H and O–H groups in total. The average molecular weight is 445 g/mol. The van der Waals surface area contributed by atoms with Crippen LogP contribution in [-0.2, 0) is 11.8 Å². The summed E-state index contributed by atoms with van der Waals surface area (Å²) < 4.78 is 13.1. The molecular formula is C20H18Cl2N6O2. The van der Waals surface area contributed by atoms with E-state index in [-0.39, 0.29) is 12.4 Å². The summed E-state index contributed by atoms with van der Waals surface area (Å²) in [5, 5.41) is 5.76. The fourth-order valence-corrected chi connectivity index (χ4v) is 3.57. The molecule has 1 atom stereocenters. The third kappa shape index (κ3) is 3.77. The Balaban J connectivity index is 1.85. The van der Waals surface area contributed by atoms with Crippen molar-refractivity contribution in [2.45, 2.75) is 6.10 Å². The summed E-state index contributed by atoms with van der Waals surface area (Å²) >= 11 is 12.6. The van der Waals surface area contributed by atoms with Crippen molar-refractivity contribution in [3.63, 3.8) is 0 Å². The Kier molecular flexibility index (Phi) is 5.72. The first-order chi connectivity index (χ1) is 14.5. The molecular weight excluding hydrogens is 427 g/mol. The summed E-state index contributed by atoms with van der Waals surface area (Å²) in [6.07, 6.45) is 2.46. The van der Waals surface area contributed by atoms with Crippen LogP contribution in [0.15, 0.2) is 43.0 Å². The largest absolute Gasteiger partial charge is 0.479 e. The number of anilines is 1. The quantitative estimate of drug-likeness (QED) is 0.477. The molecule has 0 aliphatic carbocycles. The van der Waals surface area contributed by atoms with E-state index in [1.165, 1.54) is 6.33 Å². The molecule has 2 heterocycles. The van der Waals surface area contributed by atoms with Crippen LogP contribution in [0.4, 0.5) is 5.82 Å². The van der Waals surface area contributed by atoms with Gasteiger partial charge in [-0.3, -0.25) is 4.68 Å². The van der Waals surface area contributed by atoms with Crippen LogP contribution in [-0.4, -0.2) is 38.4 Å². The summed E-state index contributed by atoms with van der Waals surface area (Å²) in [5.41, 5.74) is 8.30. The number of nitrogen functional groups attached to an aromatic ring is 1. The van der Waals surface area contributed by atoms with Gasteiger partial charge in [-0.1, -0.05) is 35.3 Å². The van der Waals surface area contributed by atoms with E-state index in [0.717, 1.165) is 11.1 Å². The minimum atomic E-state index is -0.542. The minimum Gasteiger partial charge on any atom is -0.479 e. The summed E-state index contributed by atoms with van der Waals surface area (Å²) in [7, 11) is 3.37. The third-order valence-electron chi connectivity index (χ3n) is 4.51. The number of ether oxygens (including phenoxy) is 2. The number of nitrogens with two attached hydrogens (primary N) is 1. The molecule has 0 spiro atoms. The van der Waals surface area contributed by atoms with Crippen molar-refractivity contribution >= 4 is 39.9 Å². The Bertz CT molecular complexity index is 1210. The van der Waals surface area contributed by atoms with Crippen LogP contribution < -0.4 is 10.5 Å². The van der Waals surface area contributed by atoms with Crippen molar-refractivity contribution in [2.75, 3.05) is 19.5 Å². The predicted molar refractivity (Wildman–Crippen MR) is 116 cm³/mol. The van der Waals surface area contributed by atoms with Crippen LogP contribution in [0.1, 0.15) is 11.9 Å². The van der Waals surface area contributed by atoms with E-state index in [1.54, 1.807) is 37.3 Å². The molecule has 30 heavy (non-hydrogen) atoms. The van der Waals surface area contributed by atoms with Gasteiger partial charge < -0.3 is 15.2 Å². The van der Waals surface area contributed by atoms with Crippen molar-refractivity contribution in [2.24, 2.45) is 7.05 Å². The molecule has 8 nitrogen and oxygen atoms in total. The number of aryl methyl sites for hydroxylation is 1. The highest BCUT2D eigenvalue weighted by Gasteiger charge is 2.22. The van der Waals surface area contributed by atoms with E-state index in [1.807, 2.05) is 18.2 Å². The first kappa shape index (κ1) is 20.3. The van der Waals surface area contributed by atoms with E-state index < -0.39 is 6.10 Å². The van der Waals surface area contributed by atoms with Crippen LogP contribution in [0.5, 0.6) is 5.75 Å². The van der Waals surface area contributed by atoms with Gasteiger partial charge in [0, 0.05) is 25.3 Å². The second kappa shape index (κ2) is 8.43. The zero-order chi connectivity index (χ0) is 21.3. The van der Waals surface area contributed by atoms with E-state index in [4.69, 9.17) is 38.4 Å². The number of methoxy groups -OCH3 is 1. The van der Waals surface area contributed by atoms with Crippen molar-refractivity contribution in [1.82, 2.24) is 24.7 Å². The highest BCUT2D eigenvalue weighted by molar-refractivity contribution is 6.44. The fraction of sp³-hybridized carbons (Fsp3) is 0.200. The van der Waals surface area contributed by atoms with Gasteiger partial charge in [0.15, 0.2) is 11.9 Å². The smallest absolute Gasteiger partial charge is 0.193 e. The number of halogens is 2. The van der Waals surface area contributed by atoms with Gasteiger partial charge >= 0.3 is 0 Å². The summed E-state index contributed by atoms with van der Waals surface area (Å²) in [6, 6.07) is 9.07. The van der Waals surface area contributed by atoms with Crippen LogP contribution >= 0.6 is 23.2 Å². The minimum absolute atomic E-state index is 0.251. The van der Waals surface area contributed by atoms with Gasteiger partial charge in [-0.15, -0.1) is 0 Å². The topological polar surface area (TPSA) is 101 Å². The predicted octanol–water partition coefficient (Wildman–Crippen LogP) is 4.08. The standard InChI is InChI=1S/C20H18Cl2N6O2/c1-28-10-26-20(27-28)15(8-29-2)30-14-7-6-12(11-4-3-5-13(21)17(11)22)18-16(14)19(23)25-9-24-18/h3-7,9-10,15H,8H2,1-2H3,(H2,23,24,25)/t15-/m1/s1. The summed E-state index contributed by atoms with van der Waals surface area (Å²) in [5.74, 6) is 1.25. The number of hydrogen-bond donors (Lipinski definition) is 1. The molecule has 4 rings (SSSR count). The lowest BCUT2D eigenvalue weighted by Crippen LogP contribution is -2.16. The van der Waals surface area contributed by atoms with Gasteiger partial charge in [0.2, 0.25) is 0 Å². The van der Waals surface area contributed by atoms with Gasteiger partial charge in [0.1, 0.15) is 24.2 Å².